The molecule has 1 aliphatic heterocycles. The molecule has 0 spiro atoms. The van der Waals surface area contributed by atoms with Crippen LogP contribution >= 0.6 is 0 Å². The first-order valence-electron chi connectivity index (χ1n) is 6.76. The molecule has 0 unspecified atom stereocenters. The molecule has 0 bridgehead atoms. The van der Waals surface area contributed by atoms with Gasteiger partial charge in [0.15, 0.2) is 0 Å². The summed E-state index contributed by atoms with van der Waals surface area (Å²) in [6, 6.07) is 10.4. The normalized spacial score (nSPS) is 14.6. The summed E-state index contributed by atoms with van der Waals surface area (Å²) in [6.07, 6.45) is 6.15. The molecule has 1 aromatic carbocycles. The van der Waals surface area contributed by atoms with Crippen molar-refractivity contribution < 1.29 is 0 Å². The highest BCUT2D eigenvalue weighted by molar-refractivity contribution is 5.55. The summed E-state index contributed by atoms with van der Waals surface area (Å²) < 4.78 is 0. The number of hydrogen-bond donors (Lipinski definition) is 1. The molecule has 1 fully saturated rings. The predicted octanol–water partition coefficient (Wildman–Crippen LogP) is 2.69. The zero-order valence-electron chi connectivity index (χ0n) is 10.9. The van der Waals surface area contributed by atoms with Crippen molar-refractivity contribution in [1.82, 2.24) is 9.97 Å². The molecule has 3 rings (SSSR count). The van der Waals surface area contributed by atoms with Crippen LogP contribution in [0.25, 0.3) is 0 Å². The first-order valence-corrected chi connectivity index (χ1v) is 6.76. The second kappa shape index (κ2) is 5.69. The zero-order valence-corrected chi connectivity index (χ0v) is 10.9. The second-order valence-corrected chi connectivity index (χ2v) is 4.76. The van der Waals surface area contributed by atoms with Crippen LogP contribution in [0.2, 0.25) is 0 Å². The molecule has 19 heavy (non-hydrogen) atoms. The smallest absolute Gasteiger partial charge is 0.147 e. The van der Waals surface area contributed by atoms with E-state index >= 15 is 0 Å². The average molecular weight is 254 g/mol. The van der Waals surface area contributed by atoms with Gasteiger partial charge >= 0.3 is 0 Å². The van der Waals surface area contributed by atoms with Crippen LogP contribution in [0.3, 0.4) is 0 Å². The van der Waals surface area contributed by atoms with Crippen LogP contribution in [0.15, 0.2) is 42.7 Å². The lowest BCUT2D eigenvalue weighted by Gasteiger charge is -2.17. The minimum Gasteiger partial charge on any atom is -0.378 e. The number of nitrogens with one attached hydrogen (secondary N) is 1. The Morgan fingerprint density at radius 2 is 1.68 bits per heavy atom. The zero-order chi connectivity index (χ0) is 12.9. The first kappa shape index (κ1) is 12.0. The Labute approximate surface area is 113 Å². The van der Waals surface area contributed by atoms with Crippen LogP contribution in [0.1, 0.15) is 18.7 Å². The van der Waals surface area contributed by atoms with Gasteiger partial charge in [-0.2, -0.15) is 0 Å². The number of aromatic nitrogens is 2. The van der Waals surface area contributed by atoms with Crippen LogP contribution in [-0.2, 0) is 6.54 Å². The van der Waals surface area contributed by atoms with Crippen molar-refractivity contribution in [2.45, 2.75) is 19.4 Å². The van der Waals surface area contributed by atoms with Crippen molar-refractivity contribution in [3.8, 4) is 0 Å². The lowest BCUT2D eigenvalue weighted by Crippen LogP contribution is -2.17. The van der Waals surface area contributed by atoms with Crippen molar-refractivity contribution in [2.24, 2.45) is 0 Å². The molecule has 0 amide bonds. The van der Waals surface area contributed by atoms with Gasteiger partial charge in [0.05, 0.1) is 6.54 Å². The molecule has 4 heteroatoms. The van der Waals surface area contributed by atoms with Crippen molar-refractivity contribution in [2.75, 3.05) is 23.3 Å². The Bertz CT molecular complexity index is 503. The van der Waals surface area contributed by atoms with Gasteiger partial charge in [-0.1, -0.05) is 0 Å². The van der Waals surface area contributed by atoms with Gasteiger partial charge in [0.2, 0.25) is 0 Å². The molecule has 0 radical (unpaired) electrons. The van der Waals surface area contributed by atoms with Crippen LogP contribution in [0, 0.1) is 0 Å². The molecule has 1 N–H and O–H groups in total. The van der Waals surface area contributed by atoms with Crippen molar-refractivity contribution in [1.29, 1.82) is 0 Å². The van der Waals surface area contributed by atoms with E-state index in [-0.39, 0.29) is 0 Å². The summed E-state index contributed by atoms with van der Waals surface area (Å²) in [5.74, 6) is 0.811. The minimum atomic E-state index is 0.657. The molecule has 0 saturated carbocycles. The summed E-state index contributed by atoms with van der Waals surface area (Å²) in [7, 11) is 0. The second-order valence-electron chi connectivity index (χ2n) is 4.76. The Morgan fingerprint density at radius 3 is 2.37 bits per heavy atom. The molecule has 1 saturated heterocycles. The molecule has 98 valence electrons. The van der Waals surface area contributed by atoms with Gasteiger partial charge in [-0.3, -0.25) is 0 Å². The molecule has 1 aliphatic rings. The molecule has 0 atom stereocenters. The predicted molar refractivity (Wildman–Crippen MR) is 77.2 cm³/mol. The fourth-order valence-electron chi connectivity index (χ4n) is 2.37. The molecule has 2 heterocycles. The van der Waals surface area contributed by atoms with Crippen molar-refractivity contribution in [3.63, 3.8) is 0 Å². The molecule has 2 aromatic rings. The molecular weight excluding hydrogens is 236 g/mol. The third kappa shape index (κ3) is 3.02. The monoisotopic (exact) mass is 254 g/mol. The number of nitrogens with zero attached hydrogens (tertiary/aromatic N) is 3. The van der Waals surface area contributed by atoms with E-state index in [1.807, 2.05) is 6.07 Å². The quantitative estimate of drug-likeness (QED) is 0.910. The van der Waals surface area contributed by atoms with E-state index in [0.717, 1.165) is 11.5 Å². The van der Waals surface area contributed by atoms with Crippen LogP contribution in [-0.4, -0.2) is 23.1 Å². The first-order chi connectivity index (χ1) is 9.42. The van der Waals surface area contributed by atoms with E-state index in [2.05, 4.69) is 44.5 Å². The largest absolute Gasteiger partial charge is 0.378 e. The lowest BCUT2D eigenvalue weighted by molar-refractivity contribution is 0.947. The number of benzene rings is 1. The molecule has 0 aliphatic carbocycles. The lowest BCUT2D eigenvalue weighted by atomic mass is 10.2. The van der Waals surface area contributed by atoms with Gasteiger partial charge in [-0.25, -0.2) is 9.97 Å². The molecule has 1 aromatic heterocycles. The van der Waals surface area contributed by atoms with E-state index in [9.17, 15) is 0 Å². The third-order valence-electron chi connectivity index (χ3n) is 3.41. The van der Waals surface area contributed by atoms with Gasteiger partial charge < -0.3 is 10.2 Å². The maximum absolute atomic E-state index is 4.19. The Kier molecular flexibility index (Phi) is 3.58. The highest BCUT2D eigenvalue weighted by atomic mass is 15.1. The van der Waals surface area contributed by atoms with E-state index in [4.69, 9.17) is 0 Å². The highest BCUT2D eigenvalue weighted by Gasteiger charge is 2.11. The van der Waals surface area contributed by atoms with Gasteiger partial charge in [0.1, 0.15) is 5.82 Å². The average Bonchev–Trinajstić information content (AvgIpc) is 3.01. The number of anilines is 2. The Morgan fingerprint density at radius 1 is 1.00 bits per heavy atom. The van der Waals surface area contributed by atoms with E-state index < -0.39 is 0 Å². The van der Waals surface area contributed by atoms with Crippen LogP contribution in [0.5, 0.6) is 0 Å². The minimum absolute atomic E-state index is 0.657. The SMILES string of the molecule is c1cnc(CNc2ccc(N3CCCC3)cc2)nc1. The van der Waals surface area contributed by atoms with Gasteiger partial charge in [-0.15, -0.1) is 0 Å². The summed E-state index contributed by atoms with van der Waals surface area (Å²) in [5.41, 5.74) is 2.43. The molecule has 4 nitrogen and oxygen atoms in total. The Hall–Kier alpha value is -2.10. The maximum Gasteiger partial charge on any atom is 0.147 e. The number of hydrogen-bond acceptors (Lipinski definition) is 4. The van der Waals surface area contributed by atoms with Crippen molar-refractivity contribution in [3.05, 3.63) is 48.5 Å². The van der Waals surface area contributed by atoms with Gasteiger partial charge in [0.25, 0.3) is 0 Å². The van der Waals surface area contributed by atoms with Crippen molar-refractivity contribution >= 4 is 11.4 Å². The fourth-order valence-corrected chi connectivity index (χ4v) is 2.37. The summed E-state index contributed by atoms with van der Waals surface area (Å²) in [4.78, 5) is 10.8. The van der Waals surface area contributed by atoms with Gasteiger partial charge in [0, 0.05) is 36.9 Å². The van der Waals surface area contributed by atoms with Gasteiger partial charge in [-0.05, 0) is 43.2 Å². The van der Waals surface area contributed by atoms with Crippen LogP contribution in [0.4, 0.5) is 11.4 Å². The van der Waals surface area contributed by atoms with E-state index in [1.165, 1.54) is 31.6 Å². The number of rotatable bonds is 4. The fraction of sp³-hybridized carbons (Fsp3) is 0.333. The summed E-state index contributed by atoms with van der Waals surface area (Å²) >= 11 is 0. The van der Waals surface area contributed by atoms with Crippen LogP contribution < -0.4 is 10.2 Å². The maximum atomic E-state index is 4.19. The standard InChI is InChI=1S/C15H18N4/c1-2-11-19(10-1)14-6-4-13(5-7-14)18-12-15-16-8-3-9-17-15/h3-9,18H,1-2,10-12H2. The molecular formula is C15H18N4. The topological polar surface area (TPSA) is 41.1 Å². The Balaban J connectivity index is 1.60. The van der Waals surface area contributed by atoms with E-state index in [0.29, 0.717) is 6.54 Å². The third-order valence-corrected chi connectivity index (χ3v) is 3.41. The van der Waals surface area contributed by atoms with E-state index in [1.54, 1.807) is 12.4 Å². The summed E-state index contributed by atoms with van der Waals surface area (Å²) in [6.45, 7) is 3.03. The summed E-state index contributed by atoms with van der Waals surface area (Å²) in [5, 5.41) is 3.34. The highest BCUT2D eigenvalue weighted by Crippen LogP contribution is 2.22.